The lowest BCUT2D eigenvalue weighted by molar-refractivity contribution is 0.263. The Balaban J connectivity index is 1.71. The highest BCUT2D eigenvalue weighted by Gasteiger charge is 2.33. The topological polar surface area (TPSA) is 21.3 Å². The Bertz CT molecular complexity index is 450. The van der Waals surface area contributed by atoms with Gasteiger partial charge in [-0.05, 0) is 31.9 Å². The molecular formula is C17H25NOS. The predicted octanol–water partition coefficient (Wildman–Crippen LogP) is 4.02. The summed E-state index contributed by atoms with van der Waals surface area (Å²) < 4.78 is 5.98. The molecule has 20 heavy (non-hydrogen) atoms. The molecule has 0 saturated heterocycles. The van der Waals surface area contributed by atoms with Crippen LogP contribution in [0.4, 0.5) is 0 Å². The van der Waals surface area contributed by atoms with E-state index >= 15 is 0 Å². The number of ether oxygens (including phenoxy) is 1. The molecule has 110 valence electrons. The van der Waals surface area contributed by atoms with E-state index in [0.29, 0.717) is 11.3 Å². The van der Waals surface area contributed by atoms with Gasteiger partial charge < -0.3 is 10.1 Å². The highest BCUT2D eigenvalue weighted by molar-refractivity contribution is 8.00. The van der Waals surface area contributed by atoms with Gasteiger partial charge in [-0.3, -0.25) is 0 Å². The first-order valence-corrected chi connectivity index (χ1v) is 8.76. The number of benzene rings is 1. The summed E-state index contributed by atoms with van der Waals surface area (Å²) in [5.74, 6) is 1.95. The summed E-state index contributed by atoms with van der Waals surface area (Å²) >= 11 is 2.15. The number of thioether (sulfide) groups is 1. The molecule has 0 spiro atoms. The molecule has 3 heteroatoms. The Morgan fingerprint density at radius 3 is 2.90 bits per heavy atom. The fraction of sp³-hybridized carbons (Fsp3) is 0.647. The normalized spacial score (nSPS) is 33.3. The fourth-order valence-electron chi connectivity index (χ4n) is 3.55. The van der Waals surface area contributed by atoms with Gasteiger partial charge >= 0.3 is 0 Å². The number of para-hydroxylation sites is 1. The van der Waals surface area contributed by atoms with E-state index in [4.69, 9.17) is 4.74 Å². The van der Waals surface area contributed by atoms with Crippen molar-refractivity contribution >= 4 is 11.8 Å². The highest BCUT2D eigenvalue weighted by atomic mass is 32.2. The number of hydrogen-bond acceptors (Lipinski definition) is 3. The highest BCUT2D eigenvalue weighted by Crippen LogP contribution is 2.42. The van der Waals surface area contributed by atoms with Gasteiger partial charge in [0.15, 0.2) is 0 Å². The molecule has 1 aliphatic carbocycles. The van der Waals surface area contributed by atoms with Crippen molar-refractivity contribution in [3.63, 3.8) is 0 Å². The van der Waals surface area contributed by atoms with Crippen molar-refractivity contribution < 1.29 is 4.74 Å². The van der Waals surface area contributed by atoms with Gasteiger partial charge in [0, 0.05) is 10.8 Å². The van der Waals surface area contributed by atoms with Crippen molar-refractivity contribution in [2.24, 2.45) is 5.92 Å². The van der Waals surface area contributed by atoms with Crippen molar-refractivity contribution in [1.82, 2.24) is 5.32 Å². The average molecular weight is 291 g/mol. The molecule has 4 unspecified atom stereocenters. The van der Waals surface area contributed by atoms with Crippen LogP contribution in [0.3, 0.4) is 0 Å². The third kappa shape index (κ3) is 2.99. The minimum Gasteiger partial charge on any atom is -0.492 e. The first kappa shape index (κ1) is 14.3. The smallest absolute Gasteiger partial charge is 0.124 e. The molecule has 0 radical (unpaired) electrons. The van der Waals surface area contributed by atoms with Gasteiger partial charge in [-0.25, -0.2) is 0 Å². The minimum absolute atomic E-state index is 0.419. The lowest BCUT2D eigenvalue weighted by Gasteiger charge is -2.36. The maximum absolute atomic E-state index is 5.98. The lowest BCUT2D eigenvalue weighted by Crippen LogP contribution is -2.37. The molecule has 1 fully saturated rings. The maximum atomic E-state index is 5.98. The Morgan fingerprint density at radius 1 is 1.25 bits per heavy atom. The van der Waals surface area contributed by atoms with Crippen molar-refractivity contribution in [2.75, 3.05) is 13.7 Å². The van der Waals surface area contributed by atoms with Gasteiger partial charge in [-0.1, -0.05) is 38.0 Å². The van der Waals surface area contributed by atoms with Crippen LogP contribution in [-0.2, 0) is 0 Å². The molecule has 4 atom stereocenters. The van der Waals surface area contributed by atoms with Crippen LogP contribution in [-0.4, -0.2) is 24.2 Å². The van der Waals surface area contributed by atoms with Gasteiger partial charge in [0.05, 0.1) is 11.3 Å². The zero-order valence-electron chi connectivity index (χ0n) is 12.5. The van der Waals surface area contributed by atoms with Crippen LogP contribution in [0.5, 0.6) is 5.75 Å². The predicted molar refractivity (Wildman–Crippen MR) is 86.5 cm³/mol. The van der Waals surface area contributed by atoms with E-state index in [9.17, 15) is 0 Å². The average Bonchev–Trinajstić information content (AvgIpc) is 2.47. The van der Waals surface area contributed by atoms with Gasteiger partial charge in [0.1, 0.15) is 12.4 Å². The Labute approximate surface area is 126 Å². The van der Waals surface area contributed by atoms with E-state index in [1.54, 1.807) is 0 Å². The molecule has 1 aromatic rings. The van der Waals surface area contributed by atoms with Gasteiger partial charge in [-0.2, -0.15) is 0 Å². The van der Waals surface area contributed by atoms with E-state index in [1.807, 2.05) is 0 Å². The van der Waals surface area contributed by atoms with Crippen LogP contribution < -0.4 is 10.1 Å². The SMILES string of the molecule is CNC1c2ccccc2OCC1SC1CCCC(C)C1. The van der Waals surface area contributed by atoms with E-state index in [-0.39, 0.29) is 0 Å². The molecule has 2 aliphatic rings. The molecule has 1 N–H and O–H groups in total. The van der Waals surface area contributed by atoms with E-state index in [0.717, 1.165) is 23.5 Å². The van der Waals surface area contributed by atoms with Crippen molar-refractivity contribution in [3.8, 4) is 5.75 Å². The van der Waals surface area contributed by atoms with Crippen LogP contribution >= 0.6 is 11.8 Å². The molecule has 2 nitrogen and oxygen atoms in total. The Kier molecular flexibility index (Phi) is 4.57. The maximum Gasteiger partial charge on any atom is 0.124 e. The molecule has 3 rings (SSSR count). The van der Waals surface area contributed by atoms with Crippen molar-refractivity contribution in [1.29, 1.82) is 0 Å². The molecule has 1 aliphatic heterocycles. The molecule has 0 bridgehead atoms. The number of nitrogens with one attached hydrogen (secondary N) is 1. The zero-order chi connectivity index (χ0) is 13.9. The van der Waals surface area contributed by atoms with Gasteiger partial charge in [0.25, 0.3) is 0 Å². The summed E-state index contributed by atoms with van der Waals surface area (Å²) in [5, 5.41) is 4.86. The quantitative estimate of drug-likeness (QED) is 0.909. The first-order chi connectivity index (χ1) is 9.78. The summed E-state index contributed by atoms with van der Waals surface area (Å²) in [6.07, 6.45) is 5.56. The number of rotatable bonds is 3. The Hall–Kier alpha value is -0.670. The zero-order valence-corrected chi connectivity index (χ0v) is 13.3. The number of fused-ring (bicyclic) bond motifs is 1. The Morgan fingerprint density at radius 2 is 2.10 bits per heavy atom. The molecule has 0 aromatic heterocycles. The third-order valence-corrected chi connectivity index (χ3v) is 6.17. The van der Waals surface area contributed by atoms with Crippen molar-refractivity contribution in [3.05, 3.63) is 29.8 Å². The van der Waals surface area contributed by atoms with Crippen LogP contribution in [0.25, 0.3) is 0 Å². The van der Waals surface area contributed by atoms with E-state index < -0.39 is 0 Å². The molecule has 1 aromatic carbocycles. The summed E-state index contributed by atoms with van der Waals surface area (Å²) in [5.41, 5.74) is 1.32. The second kappa shape index (κ2) is 6.40. The second-order valence-electron chi connectivity index (χ2n) is 6.18. The van der Waals surface area contributed by atoms with Crippen LogP contribution in [0, 0.1) is 5.92 Å². The third-order valence-electron chi connectivity index (χ3n) is 4.60. The molecular weight excluding hydrogens is 266 g/mol. The summed E-state index contributed by atoms with van der Waals surface area (Å²) in [4.78, 5) is 0. The second-order valence-corrected chi connectivity index (χ2v) is 7.73. The fourth-order valence-corrected chi connectivity index (χ4v) is 5.37. The van der Waals surface area contributed by atoms with E-state index in [1.165, 1.54) is 31.2 Å². The van der Waals surface area contributed by atoms with Gasteiger partial charge in [0.2, 0.25) is 0 Å². The summed E-state index contributed by atoms with van der Waals surface area (Å²) in [6.45, 7) is 3.23. The lowest BCUT2D eigenvalue weighted by atomic mass is 9.90. The van der Waals surface area contributed by atoms with Crippen LogP contribution in [0.15, 0.2) is 24.3 Å². The molecule has 0 amide bonds. The summed E-state index contributed by atoms with van der Waals surface area (Å²) in [6, 6.07) is 8.88. The van der Waals surface area contributed by atoms with Crippen LogP contribution in [0.1, 0.15) is 44.2 Å². The molecule has 1 heterocycles. The first-order valence-electron chi connectivity index (χ1n) is 7.82. The van der Waals surface area contributed by atoms with Crippen molar-refractivity contribution in [2.45, 2.75) is 49.1 Å². The number of hydrogen-bond donors (Lipinski definition) is 1. The minimum atomic E-state index is 0.419. The van der Waals surface area contributed by atoms with Gasteiger partial charge in [-0.15, -0.1) is 11.8 Å². The largest absolute Gasteiger partial charge is 0.492 e. The van der Waals surface area contributed by atoms with Crippen LogP contribution in [0.2, 0.25) is 0 Å². The summed E-state index contributed by atoms with van der Waals surface area (Å²) in [7, 11) is 2.07. The monoisotopic (exact) mass is 291 g/mol. The van der Waals surface area contributed by atoms with E-state index in [2.05, 4.69) is 55.3 Å². The molecule has 1 saturated carbocycles. The standard InChI is InChI=1S/C17H25NOS/c1-12-6-5-7-13(10-12)20-16-11-19-15-9-4-3-8-14(15)17(16)18-2/h3-4,8-9,12-13,16-18H,5-7,10-11H2,1-2H3.